The van der Waals surface area contributed by atoms with Crippen molar-refractivity contribution in [2.24, 2.45) is 0 Å². The number of benzene rings is 1. The molecule has 1 aromatic carbocycles. The number of carbonyl (C=O) groups excluding carboxylic acids is 1. The first-order valence-electron chi connectivity index (χ1n) is 6.13. The van der Waals surface area contributed by atoms with Gasteiger partial charge in [-0.15, -0.1) is 0 Å². The molecule has 1 heterocycles. The van der Waals surface area contributed by atoms with Crippen molar-refractivity contribution in [1.82, 2.24) is 9.97 Å². The van der Waals surface area contributed by atoms with Crippen LogP contribution in [-0.2, 0) is 15.9 Å². The summed E-state index contributed by atoms with van der Waals surface area (Å²) in [6.07, 6.45) is 3.54. The molecule has 20 heavy (non-hydrogen) atoms. The van der Waals surface area contributed by atoms with E-state index >= 15 is 0 Å². The summed E-state index contributed by atoms with van der Waals surface area (Å²) >= 11 is 2.19. The van der Waals surface area contributed by atoms with Gasteiger partial charge in [0.15, 0.2) is 0 Å². The van der Waals surface area contributed by atoms with Crippen LogP contribution in [0.3, 0.4) is 0 Å². The number of nitrogens with one attached hydrogen (secondary N) is 1. The molecule has 0 aliphatic heterocycles. The van der Waals surface area contributed by atoms with Crippen molar-refractivity contribution >= 4 is 28.6 Å². The van der Waals surface area contributed by atoms with E-state index in [0.717, 1.165) is 9.39 Å². The van der Waals surface area contributed by atoms with E-state index in [1.807, 2.05) is 12.1 Å². The minimum atomic E-state index is -0.363. The largest absolute Gasteiger partial charge is 0.456 e. The molecule has 0 radical (unpaired) electrons. The van der Waals surface area contributed by atoms with Crippen molar-refractivity contribution in [2.75, 3.05) is 13.7 Å². The second-order valence-electron chi connectivity index (χ2n) is 4.23. The van der Waals surface area contributed by atoms with E-state index in [-0.39, 0.29) is 12.1 Å². The third-order valence-corrected chi connectivity index (χ3v) is 3.40. The molecule has 0 aliphatic carbocycles. The van der Waals surface area contributed by atoms with E-state index in [0.29, 0.717) is 18.6 Å². The minimum Gasteiger partial charge on any atom is -0.456 e. The molecule has 0 amide bonds. The number of halogens is 1. The van der Waals surface area contributed by atoms with Crippen LogP contribution in [0.15, 0.2) is 36.7 Å². The van der Waals surface area contributed by atoms with E-state index in [2.05, 4.69) is 32.6 Å². The maximum Gasteiger partial charge on any atom is 0.338 e. The third kappa shape index (κ3) is 4.31. The summed E-state index contributed by atoms with van der Waals surface area (Å²) in [4.78, 5) is 19.2. The molecule has 1 N–H and O–H groups in total. The lowest BCUT2D eigenvalue weighted by atomic mass is 10.2. The smallest absolute Gasteiger partial charge is 0.338 e. The summed E-state index contributed by atoms with van der Waals surface area (Å²) in [7, 11) is 1.58. The quantitative estimate of drug-likeness (QED) is 0.612. The van der Waals surface area contributed by atoms with Gasteiger partial charge in [-0.1, -0.05) is 0 Å². The van der Waals surface area contributed by atoms with Crippen LogP contribution in [0.2, 0.25) is 0 Å². The molecule has 106 valence electrons. The Morgan fingerprint density at radius 3 is 2.75 bits per heavy atom. The molecule has 1 unspecified atom stereocenters. The number of imidazole rings is 1. The highest BCUT2D eigenvalue weighted by Crippen LogP contribution is 2.10. The predicted octanol–water partition coefficient (Wildman–Crippen LogP) is 2.43. The molecule has 0 saturated heterocycles. The van der Waals surface area contributed by atoms with Gasteiger partial charge in [-0.05, 0) is 46.9 Å². The lowest BCUT2D eigenvalue weighted by Gasteiger charge is -2.16. The standard InChI is InChI=1S/C14H15IN2O3/c1-19-9-12(8-13-16-6-7-17-13)20-14(18)10-2-4-11(15)5-3-10/h2-7,12H,8-9H2,1H3,(H,16,17). The number of rotatable bonds is 6. The number of ether oxygens (including phenoxy) is 2. The highest BCUT2D eigenvalue weighted by molar-refractivity contribution is 14.1. The fraction of sp³-hybridized carbons (Fsp3) is 0.286. The Kier molecular flexibility index (Phi) is 5.54. The van der Waals surface area contributed by atoms with E-state index in [1.54, 1.807) is 31.6 Å². The number of nitrogens with zero attached hydrogens (tertiary/aromatic N) is 1. The van der Waals surface area contributed by atoms with Crippen molar-refractivity contribution in [3.05, 3.63) is 51.6 Å². The van der Waals surface area contributed by atoms with Gasteiger partial charge in [-0.3, -0.25) is 0 Å². The van der Waals surface area contributed by atoms with Gasteiger partial charge in [0.25, 0.3) is 0 Å². The molecule has 2 rings (SSSR count). The zero-order valence-electron chi connectivity index (χ0n) is 11.0. The van der Waals surface area contributed by atoms with Crippen molar-refractivity contribution in [1.29, 1.82) is 0 Å². The first kappa shape index (κ1) is 15.0. The molecule has 0 spiro atoms. The Labute approximate surface area is 130 Å². The fourth-order valence-corrected chi connectivity index (χ4v) is 2.11. The average molecular weight is 386 g/mol. The lowest BCUT2D eigenvalue weighted by Crippen LogP contribution is -2.26. The van der Waals surface area contributed by atoms with Gasteiger partial charge >= 0.3 is 5.97 Å². The summed E-state index contributed by atoms with van der Waals surface area (Å²) in [6, 6.07) is 7.24. The maximum atomic E-state index is 12.1. The molecule has 1 aromatic heterocycles. The van der Waals surface area contributed by atoms with Crippen LogP contribution in [0.25, 0.3) is 0 Å². The predicted molar refractivity (Wildman–Crippen MR) is 82.5 cm³/mol. The van der Waals surface area contributed by atoms with Crippen molar-refractivity contribution < 1.29 is 14.3 Å². The van der Waals surface area contributed by atoms with Gasteiger partial charge in [0.1, 0.15) is 11.9 Å². The number of hydrogen-bond acceptors (Lipinski definition) is 4. The Morgan fingerprint density at radius 1 is 1.40 bits per heavy atom. The molecule has 0 fully saturated rings. The van der Waals surface area contributed by atoms with Crippen molar-refractivity contribution in [3.63, 3.8) is 0 Å². The topological polar surface area (TPSA) is 64.2 Å². The summed E-state index contributed by atoms with van der Waals surface area (Å²) < 4.78 is 11.6. The van der Waals surface area contributed by atoms with Crippen molar-refractivity contribution in [2.45, 2.75) is 12.5 Å². The van der Waals surface area contributed by atoms with Gasteiger partial charge in [0.05, 0.1) is 12.2 Å². The Bertz CT molecular complexity index is 540. The molecule has 1 atom stereocenters. The van der Waals surface area contributed by atoms with E-state index in [1.165, 1.54) is 0 Å². The number of methoxy groups -OCH3 is 1. The summed E-state index contributed by atoms with van der Waals surface area (Å²) in [5.41, 5.74) is 0.533. The average Bonchev–Trinajstić information content (AvgIpc) is 2.92. The highest BCUT2D eigenvalue weighted by Gasteiger charge is 2.17. The normalized spacial score (nSPS) is 12.1. The van der Waals surface area contributed by atoms with E-state index in [4.69, 9.17) is 9.47 Å². The van der Waals surface area contributed by atoms with Gasteiger partial charge in [-0.2, -0.15) is 0 Å². The second-order valence-corrected chi connectivity index (χ2v) is 5.48. The first-order valence-corrected chi connectivity index (χ1v) is 7.20. The fourth-order valence-electron chi connectivity index (χ4n) is 1.75. The third-order valence-electron chi connectivity index (χ3n) is 2.68. The SMILES string of the molecule is COCC(Cc1ncc[nH]1)OC(=O)c1ccc(I)cc1. The molecule has 0 bridgehead atoms. The molecular weight excluding hydrogens is 371 g/mol. The van der Waals surface area contributed by atoms with E-state index in [9.17, 15) is 4.79 Å². The van der Waals surface area contributed by atoms with Crippen LogP contribution in [0.1, 0.15) is 16.2 Å². The van der Waals surface area contributed by atoms with Gasteiger partial charge in [-0.25, -0.2) is 9.78 Å². The van der Waals surface area contributed by atoms with Gasteiger partial charge < -0.3 is 14.5 Å². The minimum absolute atomic E-state index is 0.330. The Balaban J connectivity index is 2.00. The van der Waals surface area contributed by atoms with Gasteiger partial charge in [0.2, 0.25) is 0 Å². The number of esters is 1. The van der Waals surface area contributed by atoms with Crippen LogP contribution in [0.4, 0.5) is 0 Å². The summed E-state index contributed by atoms with van der Waals surface area (Å²) in [6.45, 7) is 0.330. The van der Waals surface area contributed by atoms with Crippen LogP contribution >= 0.6 is 22.6 Å². The number of H-pyrrole nitrogens is 1. The Hall–Kier alpha value is -1.41. The van der Waals surface area contributed by atoms with Gasteiger partial charge in [0, 0.05) is 29.5 Å². The highest BCUT2D eigenvalue weighted by atomic mass is 127. The zero-order valence-corrected chi connectivity index (χ0v) is 13.2. The second kappa shape index (κ2) is 7.39. The molecule has 6 heteroatoms. The maximum absolute atomic E-state index is 12.1. The first-order chi connectivity index (χ1) is 9.69. The zero-order chi connectivity index (χ0) is 14.4. The Morgan fingerprint density at radius 2 is 2.15 bits per heavy atom. The molecule has 0 aliphatic rings. The van der Waals surface area contributed by atoms with Crippen LogP contribution in [-0.4, -0.2) is 35.8 Å². The summed E-state index contributed by atoms with van der Waals surface area (Å²) in [5.74, 6) is 0.414. The summed E-state index contributed by atoms with van der Waals surface area (Å²) in [5, 5.41) is 0. The van der Waals surface area contributed by atoms with E-state index < -0.39 is 0 Å². The number of aromatic amines is 1. The molecule has 2 aromatic rings. The van der Waals surface area contributed by atoms with Crippen LogP contribution in [0.5, 0.6) is 0 Å². The number of hydrogen-bond donors (Lipinski definition) is 1. The number of carbonyl (C=O) groups is 1. The van der Waals surface area contributed by atoms with Crippen LogP contribution < -0.4 is 0 Å². The number of aromatic nitrogens is 2. The molecular formula is C14H15IN2O3. The van der Waals surface area contributed by atoms with Crippen LogP contribution in [0, 0.1) is 3.57 Å². The molecule has 5 nitrogen and oxygen atoms in total. The van der Waals surface area contributed by atoms with Crippen molar-refractivity contribution in [3.8, 4) is 0 Å². The lowest BCUT2D eigenvalue weighted by molar-refractivity contribution is 0.00557. The monoisotopic (exact) mass is 386 g/mol. The molecule has 0 saturated carbocycles.